The highest BCUT2D eigenvalue weighted by molar-refractivity contribution is 7.89. The van der Waals surface area contributed by atoms with Crippen molar-refractivity contribution in [3.05, 3.63) is 59.4 Å². The Morgan fingerprint density at radius 2 is 1.73 bits per heavy atom. The zero-order valence-electron chi connectivity index (χ0n) is 19.4. The van der Waals surface area contributed by atoms with Gasteiger partial charge in [-0.05, 0) is 49.2 Å². The largest absolute Gasteiger partial charge is 0.573 e. The van der Waals surface area contributed by atoms with E-state index in [2.05, 4.69) is 4.74 Å². The second-order valence-electron chi connectivity index (χ2n) is 9.09. The van der Waals surface area contributed by atoms with Crippen LogP contribution in [0.15, 0.2) is 47.4 Å². The Kier molecular flexibility index (Phi) is 7.08. The Labute approximate surface area is 209 Å². The summed E-state index contributed by atoms with van der Waals surface area (Å²) in [6, 6.07) is 8.15. The third kappa shape index (κ3) is 6.31. The summed E-state index contributed by atoms with van der Waals surface area (Å²) >= 11 is 0. The summed E-state index contributed by atoms with van der Waals surface area (Å²) in [6.45, 7) is 1.43. The first-order chi connectivity index (χ1) is 17.2. The predicted octanol–water partition coefficient (Wildman–Crippen LogP) is 3.12. The molecule has 9 nitrogen and oxygen atoms in total. The van der Waals surface area contributed by atoms with Gasteiger partial charge < -0.3 is 19.5 Å². The molecule has 1 spiro atoms. The van der Waals surface area contributed by atoms with Crippen LogP contribution in [0.1, 0.15) is 24.0 Å². The van der Waals surface area contributed by atoms with E-state index in [1.807, 2.05) is 0 Å². The number of ether oxygens (including phenoxy) is 2. The highest BCUT2D eigenvalue weighted by Crippen LogP contribution is 2.39. The number of nitrogens with two attached hydrogens (primary N) is 1. The first kappa shape index (κ1) is 26.7. The van der Waals surface area contributed by atoms with Crippen LogP contribution in [0, 0.1) is 11.2 Å². The van der Waals surface area contributed by atoms with Crippen molar-refractivity contribution < 1.29 is 49.9 Å². The van der Waals surface area contributed by atoms with Gasteiger partial charge in [-0.3, -0.25) is 0 Å². The monoisotopic (exact) mass is 546 g/mol. The number of aliphatic hydroxyl groups excluding tert-OH is 1. The number of alkyl halides is 3. The fourth-order valence-corrected chi connectivity index (χ4v) is 4.96. The van der Waals surface area contributed by atoms with Gasteiger partial charge in [0.2, 0.25) is 10.0 Å². The van der Waals surface area contributed by atoms with Crippen molar-refractivity contribution >= 4 is 22.0 Å². The summed E-state index contributed by atoms with van der Waals surface area (Å²) in [4.78, 5) is 13.8. The van der Waals surface area contributed by atoms with E-state index < -0.39 is 40.7 Å². The van der Waals surface area contributed by atoms with Crippen molar-refractivity contribution in [3.63, 3.8) is 0 Å². The number of hydrogen-bond acceptors (Lipinski definition) is 5. The zero-order chi connectivity index (χ0) is 27.0. The van der Waals surface area contributed by atoms with E-state index in [4.69, 9.17) is 9.88 Å². The maximum absolute atomic E-state index is 14.1. The molecule has 0 bridgehead atoms. The molecule has 4 rings (SSSR count). The van der Waals surface area contributed by atoms with Crippen LogP contribution in [-0.4, -0.2) is 67.5 Å². The molecule has 14 heteroatoms. The summed E-state index contributed by atoms with van der Waals surface area (Å²) in [5.41, 5.74) is 0.258. The van der Waals surface area contributed by atoms with Gasteiger partial charge in [-0.25, -0.2) is 22.7 Å². The molecule has 2 aliphatic rings. The van der Waals surface area contributed by atoms with E-state index >= 15 is 0 Å². The average molecular weight is 547 g/mol. The van der Waals surface area contributed by atoms with Crippen LogP contribution in [0.25, 0.3) is 0 Å². The van der Waals surface area contributed by atoms with Gasteiger partial charge in [0.05, 0.1) is 15.9 Å². The Balaban J connectivity index is 1.27. The molecule has 2 aromatic carbocycles. The molecule has 200 valence electrons. The normalized spacial score (nSPS) is 17.3. The van der Waals surface area contributed by atoms with Crippen LogP contribution in [0.3, 0.4) is 0 Å². The number of piperidine rings is 1. The number of hydrogen-bond donors (Lipinski definition) is 2. The molecule has 2 heterocycles. The maximum Gasteiger partial charge on any atom is 0.573 e. The topological polar surface area (TPSA) is 122 Å². The van der Waals surface area contributed by atoms with Crippen LogP contribution in [0.4, 0.5) is 22.4 Å². The molecular formula is C23H24F4N3O6S+. The van der Waals surface area contributed by atoms with Crippen molar-refractivity contribution in [2.24, 2.45) is 10.6 Å². The lowest BCUT2D eigenvalue weighted by Crippen LogP contribution is -2.58. The van der Waals surface area contributed by atoms with Crippen molar-refractivity contribution in [1.29, 1.82) is 0 Å². The molecule has 0 unspecified atom stereocenters. The lowest BCUT2D eigenvalue weighted by molar-refractivity contribution is -0.635. The van der Waals surface area contributed by atoms with Crippen LogP contribution < -0.4 is 9.88 Å². The first-order valence-corrected chi connectivity index (χ1v) is 12.7. The smallest absolute Gasteiger partial charge is 0.460 e. The van der Waals surface area contributed by atoms with Gasteiger partial charge in [-0.2, -0.15) is 4.58 Å². The van der Waals surface area contributed by atoms with E-state index in [-0.39, 0.29) is 21.8 Å². The summed E-state index contributed by atoms with van der Waals surface area (Å²) in [5, 5.41) is 15.6. The predicted molar refractivity (Wildman–Crippen MR) is 121 cm³/mol. The first-order valence-electron chi connectivity index (χ1n) is 11.1. The molecule has 0 aliphatic carbocycles. The quantitative estimate of drug-likeness (QED) is 0.338. The van der Waals surface area contributed by atoms with E-state index in [0.29, 0.717) is 50.7 Å². The van der Waals surface area contributed by atoms with E-state index in [9.17, 15) is 35.9 Å². The highest BCUT2D eigenvalue weighted by atomic mass is 32.2. The molecule has 2 aliphatic heterocycles. The van der Waals surface area contributed by atoms with E-state index in [1.54, 1.807) is 4.58 Å². The summed E-state index contributed by atoms with van der Waals surface area (Å²) < 4.78 is 84.1. The molecule has 2 fully saturated rings. The van der Waals surface area contributed by atoms with Crippen molar-refractivity contribution in [2.45, 2.75) is 30.7 Å². The molecule has 0 saturated carbocycles. The van der Waals surface area contributed by atoms with Crippen LogP contribution >= 0.6 is 0 Å². The number of carbonyl (C=O) groups excluding carboxylic acids is 1. The number of rotatable bonds is 5. The second-order valence-corrected chi connectivity index (χ2v) is 10.7. The molecule has 0 radical (unpaired) electrons. The number of carbonyl (C=O) groups is 1. The number of halogens is 4. The number of nitrogens with zero attached hydrogens (tertiary/aromatic N) is 2. The average Bonchev–Trinajstić information content (AvgIpc) is 2.80. The Morgan fingerprint density at radius 1 is 1.11 bits per heavy atom. The maximum atomic E-state index is 14.1. The molecular weight excluding hydrogens is 522 g/mol. The van der Waals surface area contributed by atoms with Crippen LogP contribution in [-0.2, 0) is 21.4 Å². The van der Waals surface area contributed by atoms with Crippen molar-refractivity contribution in [2.75, 3.05) is 26.2 Å². The van der Waals surface area contributed by atoms with Gasteiger partial charge in [0.15, 0.2) is 13.1 Å². The molecule has 2 aromatic rings. The van der Waals surface area contributed by atoms with Gasteiger partial charge in [-0.1, -0.05) is 0 Å². The lowest BCUT2D eigenvalue weighted by atomic mass is 9.73. The third-order valence-corrected chi connectivity index (χ3v) is 7.41. The summed E-state index contributed by atoms with van der Waals surface area (Å²) in [5.74, 6) is -1.68. The molecule has 37 heavy (non-hydrogen) atoms. The van der Waals surface area contributed by atoms with Crippen molar-refractivity contribution in [3.8, 4) is 5.75 Å². The number of amides is 1. The van der Waals surface area contributed by atoms with Crippen molar-refractivity contribution in [1.82, 2.24) is 4.90 Å². The second kappa shape index (κ2) is 9.82. The Hall–Kier alpha value is -3.39. The minimum absolute atomic E-state index is 0.0158. The lowest BCUT2D eigenvalue weighted by Gasteiger charge is -2.43. The SMILES string of the molecule is NS(=O)(=O)c1ccc(C(O)=[N+]2CC3(CCN(C(=O)OCc4ccc(OC(F)(F)F)cc4F)CC3)C2)cc1. The molecule has 0 aromatic heterocycles. The number of benzene rings is 2. The third-order valence-electron chi connectivity index (χ3n) is 6.48. The van der Waals surface area contributed by atoms with Crippen LogP contribution in [0.2, 0.25) is 0 Å². The highest BCUT2D eigenvalue weighted by Gasteiger charge is 2.52. The molecule has 2 saturated heterocycles. The minimum Gasteiger partial charge on any atom is -0.460 e. The summed E-state index contributed by atoms with van der Waals surface area (Å²) in [6.07, 6.45) is -4.31. The van der Waals surface area contributed by atoms with Gasteiger partial charge in [-0.15, -0.1) is 13.2 Å². The number of likely N-dealkylation sites (tertiary alicyclic amines) is 1. The number of sulfonamides is 1. The molecule has 3 N–H and O–H groups in total. The standard InChI is InChI=1S/C23H23F4N3O6S/c24-19-11-17(36-23(25,26)27)4-1-16(19)12-35-21(32)29-9-7-22(8-10-29)13-30(14-22)20(31)15-2-5-18(6-3-15)37(28,33)34/h1-6,11H,7-10,12-14H2,(H2,28,33,34)/p+1. The summed E-state index contributed by atoms with van der Waals surface area (Å²) in [7, 11) is -3.83. The fraction of sp³-hybridized carbons (Fsp3) is 0.391. The Bertz CT molecular complexity index is 1310. The molecule has 1 amide bonds. The number of aliphatic hydroxyl groups is 1. The van der Waals surface area contributed by atoms with Gasteiger partial charge in [0.1, 0.15) is 18.2 Å². The van der Waals surface area contributed by atoms with Gasteiger partial charge in [0, 0.05) is 24.7 Å². The minimum atomic E-state index is -4.94. The van der Waals surface area contributed by atoms with E-state index in [1.165, 1.54) is 29.2 Å². The van der Waals surface area contributed by atoms with Crippen LogP contribution in [0.5, 0.6) is 5.75 Å². The van der Waals surface area contributed by atoms with E-state index in [0.717, 1.165) is 12.1 Å². The number of primary sulfonamides is 1. The van der Waals surface area contributed by atoms with Gasteiger partial charge in [0.25, 0.3) is 0 Å². The fourth-order valence-electron chi connectivity index (χ4n) is 4.44. The Morgan fingerprint density at radius 3 is 2.27 bits per heavy atom. The molecule has 0 atom stereocenters. The van der Waals surface area contributed by atoms with Gasteiger partial charge >= 0.3 is 18.4 Å². The zero-order valence-corrected chi connectivity index (χ0v) is 20.2.